The quantitative estimate of drug-likeness (QED) is 0.843. The lowest BCUT2D eigenvalue weighted by atomic mass is 9.91. The largest absolute Gasteiger partial charge is 0.398 e. The van der Waals surface area contributed by atoms with Crippen LogP contribution in [0, 0.1) is 19.8 Å². The van der Waals surface area contributed by atoms with Crippen LogP contribution in [0.3, 0.4) is 0 Å². The number of amides is 1. The molecule has 20 heavy (non-hydrogen) atoms. The fourth-order valence-electron chi connectivity index (χ4n) is 3.38. The van der Waals surface area contributed by atoms with Crippen molar-refractivity contribution in [1.29, 1.82) is 0 Å². The summed E-state index contributed by atoms with van der Waals surface area (Å²) >= 11 is 0. The Kier molecular flexibility index (Phi) is 3.38. The zero-order valence-electron chi connectivity index (χ0n) is 12.1. The molecule has 0 aliphatic carbocycles. The van der Waals surface area contributed by atoms with Gasteiger partial charge in [-0.05, 0) is 44.4 Å². The number of fused-ring (bicyclic) bond motifs is 1. The second kappa shape index (κ2) is 5.05. The first-order valence-corrected chi connectivity index (χ1v) is 7.30. The standard InChI is InChI=1S/C15H22N4O/c1-9-6-17-12(10(2)14(9)16)8-19-5-3-4-11-13(19)7-18-15(11)20/h6,11,13H,3-5,7-8H2,1-2H3,(H2,16,17)(H,18,20). The molecule has 1 aromatic heterocycles. The Morgan fingerprint density at radius 2 is 2.30 bits per heavy atom. The molecule has 1 aromatic rings. The van der Waals surface area contributed by atoms with E-state index in [0.29, 0.717) is 6.04 Å². The van der Waals surface area contributed by atoms with Crippen LogP contribution in [0.25, 0.3) is 0 Å². The molecule has 1 amide bonds. The van der Waals surface area contributed by atoms with Gasteiger partial charge in [0.2, 0.25) is 5.91 Å². The van der Waals surface area contributed by atoms with Gasteiger partial charge in [-0.25, -0.2) is 0 Å². The van der Waals surface area contributed by atoms with E-state index in [1.807, 2.05) is 20.0 Å². The summed E-state index contributed by atoms with van der Waals surface area (Å²) in [5, 5.41) is 2.99. The monoisotopic (exact) mass is 274 g/mol. The maximum atomic E-state index is 11.8. The van der Waals surface area contributed by atoms with Crippen molar-refractivity contribution >= 4 is 11.6 Å². The van der Waals surface area contributed by atoms with Gasteiger partial charge in [0.1, 0.15) is 0 Å². The van der Waals surface area contributed by atoms with Gasteiger partial charge in [0, 0.05) is 31.0 Å². The summed E-state index contributed by atoms with van der Waals surface area (Å²) in [6.45, 7) is 6.60. The maximum Gasteiger partial charge on any atom is 0.224 e. The van der Waals surface area contributed by atoms with Crippen molar-refractivity contribution in [3.63, 3.8) is 0 Å². The Morgan fingerprint density at radius 1 is 1.50 bits per heavy atom. The highest BCUT2D eigenvalue weighted by Gasteiger charge is 2.40. The molecule has 2 aliphatic rings. The number of anilines is 1. The number of nitrogens with two attached hydrogens (primary N) is 1. The van der Waals surface area contributed by atoms with Gasteiger partial charge in [-0.3, -0.25) is 14.7 Å². The molecule has 108 valence electrons. The van der Waals surface area contributed by atoms with Gasteiger partial charge in [0.05, 0.1) is 11.6 Å². The highest BCUT2D eigenvalue weighted by atomic mass is 16.2. The van der Waals surface area contributed by atoms with Crippen LogP contribution in [-0.2, 0) is 11.3 Å². The summed E-state index contributed by atoms with van der Waals surface area (Å²) in [5.41, 5.74) is 10.1. The molecule has 5 nitrogen and oxygen atoms in total. The number of hydrogen-bond acceptors (Lipinski definition) is 4. The first-order chi connectivity index (χ1) is 9.58. The Morgan fingerprint density at radius 3 is 3.10 bits per heavy atom. The van der Waals surface area contributed by atoms with Crippen LogP contribution in [0.15, 0.2) is 6.20 Å². The molecule has 0 spiro atoms. The Labute approximate surface area is 119 Å². The van der Waals surface area contributed by atoms with Crippen LogP contribution < -0.4 is 11.1 Å². The van der Waals surface area contributed by atoms with E-state index in [1.165, 1.54) is 0 Å². The van der Waals surface area contributed by atoms with Gasteiger partial charge in [-0.15, -0.1) is 0 Å². The molecule has 0 radical (unpaired) electrons. The minimum absolute atomic E-state index is 0.159. The summed E-state index contributed by atoms with van der Waals surface area (Å²) in [5.74, 6) is 0.375. The van der Waals surface area contributed by atoms with Gasteiger partial charge in [-0.2, -0.15) is 0 Å². The number of pyridine rings is 1. The van der Waals surface area contributed by atoms with E-state index in [-0.39, 0.29) is 11.8 Å². The Balaban J connectivity index is 1.81. The number of carbonyl (C=O) groups excluding carboxylic acids is 1. The number of nitrogen functional groups attached to an aromatic ring is 1. The fourth-order valence-corrected chi connectivity index (χ4v) is 3.38. The second-order valence-electron chi connectivity index (χ2n) is 5.96. The van der Waals surface area contributed by atoms with Crippen molar-refractivity contribution in [1.82, 2.24) is 15.2 Å². The number of piperidine rings is 1. The number of hydrogen-bond donors (Lipinski definition) is 2. The van der Waals surface area contributed by atoms with Gasteiger partial charge in [-0.1, -0.05) is 0 Å². The van der Waals surface area contributed by atoms with Gasteiger partial charge < -0.3 is 11.1 Å². The van der Waals surface area contributed by atoms with Crippen LogP contribution >= 0.6 is 0 Å². The molecule has 3 rings (SSSR count). The molecule has 3 N–H and O–H groups in total. The number of likely N-dealkylation sites (tertiary alicyclic amines) is 1. The predicted molar refractivity (Wildman–Crippen MR) is 78.1 cm³/mol. The maximum absolute atomic E-state index is 11.8. The van der Waals surface area contributed by atoms with Crippen LogP contribution in [0.4, 0.5) is 5.69 Å². The Hall–Kier alpha value is -1.62. The lowest BCUT2D eigenvalue weighted by Gasteiger charge is -2.35. The molecule has 2 fully saturated rings. The lowest BCUT2D eigenvalue weighted by molar-refractivity contribution is -0.124. The van der Waals surface area contributed by atoms with E-state index in [2.05, 4.69) is 15.2 Å². The highest BCUT2D eigenvalue weighted by molar-refractivity contribution is 5.82. The number of aryl methyl sites for hydroxylation is 1. The zero-order chi connectivity index (χ0) is 14.3. The van der Waals surface area contributed by atoms with Crippen molar-refractivity contribution < 1.29 is 4.79 Å². The normalized spacial score (nSPS) is 26.4. The van der Waals surface area contributed by atoms with Crippen LogP contribution in [0.5, 0.6) is 0 Å². The fraction of sp³-hybridized carbons (Fsp3) is 0.600. The van der Waals surface area contributed by atoms with E-state index in [1.54, 1.807) is 0 Å². The van der Waals surface area contributed by atoms with E-state index >= 15 is 0 Å². The summed E-state index contributed by atoms with van der Waals surface area (Å²) in [6, 6.07) is 0.319. The molecule has 2 saturated heterocycles. The first-order valence-electron chi connectivity index (χ1n) is 7.30. The molecular weight excluding hydrogens is 252 g/mol. The minimum Gasteiger partial charge on any atom is -0.398 e. The molecule has 0 saturated carbocycles. The first kappa shape index (κ1) is 13.4. The third kappa shape index (κ3) is 2.16. The number of nitrogens with zero attached hydrogens (tertiary/aromatic N) is 2. The van der Waals surface area contributed by atoms with Gasteiger partial charge >= 0.3 is 0 Å². The number of nitrogens with one attached hydrogen (secondary N) is 1. The molecular formula is C15H22N4O. The van der Waals surface area contributed by atoms with Crippen molar-refractivity contribution in [2.24, 2.45) is 5.92 Å². The predicted octanol–water partition coefficient (Wildman–Crippen LogP) is 0.991. The van der Waals surface area contributed by atoms with Crippen LogP contribution in [0.1, 0.15) is 29.7 Å². The smallest absolute Gasteiger partial charge is 0.224 e. The summed E-state index contributed by atoms with van der Waals surface area (Å²) in [6.07, 6.45) is 3.93. The van der Waals surface area contributed by atoms with Crippen molar-refractivity contribution in [3.8, 4) is 0 Å². The van der Waals surface area contributed by atoms with Crippen LogP contribution in [-0.4, -0.2) is 34.9 Å². The number of rotatable bonds is 2. The molecule has 2 atom stereocenters. The molecule has 2 unspecified atom stereocenters. The van der Waals surface area contributed by atoms with E-state index in [0.717, 1.165) is 55.0 Å². The number of aromatic nitrogens is 1. The zero-order valence-corrected chi connectivity index (χ0v) is 12.1. The molecule has 5 heteroatoms. The highest BCUT2D eigenvalue weighted by Crippen LogP contribution is 2.29. The van der Waals surface area contributed by atoms with Crippen molar-refractivity contribution in [2.75, 3.05) is 18.8 Å². The van der Waals surface area contributed by atoms with E-state index in [9.17, 15) is 4.79 Å². The molecule has 2 aliphatic heterocycles. The van der Waals surface area contributed by atoms with Crippen molar-refractivity contribution in [3.05, 3.63) is 23.0 Å². The minimum atomic E-state index is 0.159. The second-order valence-corrected chi connectivity index (χ2v) is 5.96. The van der Waals surface area contributed by atoms with Gasteiger partial charge in [0.25, 0.3) is 0 Å². The summed E-state index contributed by atoms with van der Waals surface area (Å²) < 4.78 is 0. The van der Waals surface area contributed by atoms with E-state index < -0.39 is 0 Å². The summed E-state index contributed by atoms with van der Waals surface area (Å²) in [7, 11) is 0. The topological polar surface area (TPSA) is 71.2 Å². The molecule has 0 aromatic carbocycles. The Bertz CT molecular complexity index is 543. The van der Waals surface area contributed by atoms with Gasteiger partial charge in [0.15, 0.2) is 0 Å². The van der Waals surface area contributed by atoms with E-state index in [4.69, 9.17) is 5.73 Å². The molecule has 0 bridgehead atoms. The average molecular weight is 274 g/mol. The third-order valence-corrected chi connectivity index (χ3v) is 4.74. The average Bonchev–Trinajstić information content (AvgIpc) is 2.82. The lowest BCUT2D eigenvalue weighted by Crippen LogP contribution is -2.45. The molecule has 3 heterocycles. The summed E-state index contributed by atoms with van der Waals surface area (Å²) in [4.78, 5) is 18.7. The number of carbonyl (C=O) groups is 1. The third-order valence-electron chi connectivity index (χ3n) is 4.74. The van der Waals surface area contributed by atoms with Crippen LogP contribution in [0.2, 0.25) is 0 Å². The van der Waals surface area contributed by atoms with Crippen molar-refractivity contribution in [2.45, 2.75) is 39.3 Å². The SMILES string of the molecule is Cc1cnc(CN2CCCC3C(=O)NCC32)c(C)c1N.